The summed E-state index contributed by atoms with van der Waals surface area (Å²) in [5.74, 6) is -0.971. The van der Waals surface area contributed by atoms with E-state index in [9.17, 15) is 26.4 Å². The third kappa shape index (κ3) is 5.20. The molecule has 164 valence electrons. The summed E-state index contributed by atoms with van der Waals surface area (Å²) < 4.78 is 63.8. The Kier molecular flexibility index (Phi) is 6.51. The molecule has 0 unspecified atom stereocenters. The number of aromatic amines is 1. The lowest BCUT2D eigenvalue weighted by atomic mass is 9.94. The van der Waals surface area contributed by atoms with Crippen LogP contribution in [0.5, 0.6) is 0 Å². The third-order valence-electron chi connectivity index (χ3n) is 5.14. The van der Waals surface area contributed by atoms with E-state index in [-0.39, 0.29) is 16.5 Å². The maximum absolute atomic E-state index is 12.8. The van der Waals surface area contributed by atoms with Crippen LogP contribution < -0.4 is 5.32 Å². The van der Waals surface area contributed by atoms with Gasteiger partial charge in [0.15, 0.2) is 0 Å². The van der Waals surface area contributed by atoms with Crippen molar-refractivity contribution in [1.29, 1.82) is 0 Å². The Morgan fingerprint density at radius 2 is 1.87 bits per heavy atom. The highest BCUT2D eigenvalue weighted by Crippen LogP contribution is 2.30. The number of H-pyrrole nitrogens is 1. The number of nitrogens with one attached hydrogen (secondary N) is 2. The van der Waals surface area contributed by atoms with Gasteiger partial charge in [-0.1, -0.05) is 19.1 Å². The predicted molar refractivity (Wildman–Crippen MR) is 104 cm³/mol. The van der Waals surface area contributed by atoms with Crippen molar-refractivity contribution in [3.8, 4) is 0 Å². The monoisotopic (exact) mass is 444 g/mol. The molecule has 7 nitrogen and oxygen atoms in total. The molecule has 30 heavy (non-hydrogen) atoms. The summed E-state index contributed by atoms with van der Waals surface area (Å²) in [6, 6.07) is 8.25. The molecule has 0 aliphatic carbocycles. The van der Waals surface area contributed by atoms with Crippen LogP contribution in [0.25, 0.3) is 0 Å². The molecule has 0 spiro atoms. The van der Waals surface area contributed by atoms with Gasteiger partial charge in [0.25, 0.3) is 5.91 Å². The summed E-state index contributed by atoms with van der Waals surface area (Å²) in [5, 5.41) is 8.25. The van der Waals surface area contributed by atoms with Gasteiger partial charge in [0, 0.05) is 24.7 Å². The minimum atomic E-state index is -4.50. The fraction of sp³-hybridized carbons (Fsp3) is 0.474. The molecule has 2 aromatic rings. The molecule has 11 heteroatoms. The number of hydrogen-bond donors (Lipinski definition) is 2. The Morgan fingerprint density at radius 3 is 2.43 bits per heavy atom. The quantitative estimate of drug-likeness (QED) is 0.716. The van der Waals surface area contributed by atoms with E-state index in [1.807, 2.05) is 6.92 Å². The number of nitrogens with zero attached hydrogens (tertiary/aromatic N) is 2. The van der Waals surface area contributed by atoms with Gasteiger partial charge in [0.2, 0.25) is 10.0 Å². The lowest BCUT2D eigenvalue weighted by Crippen LogP contribution is -2.38. The minimum absolute atomic E-state index is 0.0596. The molecule has 0 atom stereocenters. The normalized spacial score (nSPS) is 16.5. The fourth-order valence-corrected chi connectivity index (χ4v) is 4.86. The Hall–Kier alpha value is -2.40. The molecule has 0 saturated carbocycles. The summed E-state index contributed by atoms with van der Waals surface area (Å²) >= 11 is 0. The number of hydrogen-bond acceptors (Lipinski definition) is 4. The van der Waals surface area contributed by atoms with E-state index in [1.54, 1.807) is 29.6 Å². The molecular formula is C19H23F3N4O3S. The van der Waals surface area contributed by atoms with E-state index in [4.69, 9.17) is 0 Å². The number of aryl methyl sites for hydroxylation is 1. The van der Waals surface area contributed by atoms with E-state index in [0.717, 1.165) is 12.0 Å². The highest BCUT2D eigenvalue weighted by Gasteiger charge is 2.31. The number of benzene rings is 1. The van der Waals surface area contributed by atoms with Crippen molar-refractivity contribution in [2.24, 2.45) is 0 Å². The van der Waals surface area contributed by atoms with Gasteiger partial charge in [0.1, 0.15) is 12.2 Å². The number of alkyl halides is 3. The summed E-state index contributed by atoms with van der Waals surface area (Å²) in [6.45, 7) is 1.17. The Morgan fingerprint density at radius 1 is 1.23 bits per heavy atom. The molecule has 1 aliphatic heterocycles. The predicted octanol–water partition coefficient (Wildman–Crippen LogP) is 2.83. The van der Waals surface area contributed by atoms with Crippen molar-refractivity contribution >= 4 is 15.9 Å². The second kappa shape index (κ2) is 8.76. The molecule has 0 bridgehead atoms. The summed E-state index contributed by atoms with van der Waals surface area (Å²) in [7, 11) is -3.59. The van der Waals surface area contributed by atoms with Crippen molar-refractivity contribution in [3.05, 3.63) is 47.3 Å². The summed E-state index contributed by atoms with van der Waals surface area (Å²) in [5.41, 5.74) is 1.54. The fourth-order valence-electron chi connectivity index (χ4n) is 3.39. The first kappa shape index (κ1) is 22.3. The van der Waals surface area contributed by atoms with Crippen LogP contribution in [0, 0.1) is 0 Å². The Bertz CT molecular complexity index is 979. The molecule has 1 fully saturated rings. The lowest BCUT2D eigenvalue weighted by molar-refractivity contribution is -0.123. The summed E-state index contributed by atoms with van der Waals surface area (Å²) in [4.78, 5) is 12.0. The average molecular weight is 444 g/mol. The molecule has 2 N–H and O–H groups in total. The van der Waals surface area contributed by atoms with E-state index in [0.29, 0.717) is 31.6 Å². The molecule has 1 amide bonds. The van der Waals surface area contributed by atoms with Gasteiger partial charge in [-0.15, -0.1) is 0 Å². The highest BCUT2D eigenvalue weighted by molar-refractivity contribution is 7.89. The van der Waals surface area contributed by atoms with Crippen molar-refractivity contribution in [2.45, 2.75) is 43.2 Å². The first-order chi connectivity index (χ1) is 14.1. The van der Waals surface area contributed by atoms with E-state index in [2.05, 4.69) is 10.2 Å². The second-order valence-corrected chi connectivity index (χ2v) is 9.12. The highest BCUT2D eigenvalue weighted by atomic mass is 32.2. The SMILES string of the molecule is CCc1ccc(S(=O)(=O)N2CCC(c3cc(C(=O)NCC(F)(F)F)n[nH]3)CC2)cc1. The molecular weight excluding hydrogens is 421 g/mol. The number of aromatic nitrogens is 2. The van der Waals surface area contributed by atoms with Gasteiger partial charge in [-0.25, -0.2) is 8.42 Å². The van der Waals surface area contributed by atoms with Crippen LogP contribution in [0.1, 0.15) is 47.4 Å². The van der Waals surface area contributed by atoms with Gasteiger partial charge in [0.05, 0.1) is 4.90 Å². The molecule has 0 radical (unpaired) electrons. The number of sulfonamides is 1. The van der Waals surface area contributed by atoms with Crippen LogP contribution in [0.4, 0.5) is 13.2 Å². The molecule has 2 heterocycles. The second-order valence-electron chi connectivity index (χ2n) is 7.18. The lowest BCUT2D eigenvalue weighted by Gasteiger charge is -2.30. The number of carbonyl (C=O) groups is 1. The van der Waals surface area contributed by atoms with Crippen molar-refractivity contribution in [3.63, 3.8) is 0 Å². The van der Waals surface area contributed by atoms with Gasteiger partial charge in [-0.3, -0.25) is 9.89 Å². The number of carbonyl (C=O) groups excluding carboxylic acids is 1. The molecule has 1 aromatic carbocycles. The number of piperidine rings is 1. The van der Waals surface area contributed by atoms with E-state index >= 15 is 0 Å². The van der Waals surface area contributed by atoms with Gasteiger partial charge < -0.3 is 5.32 Å². The minimum Gasteiger partial charge on any atom is -0.342 e. The zero-order chi connectivity index (χ0) is 21.9. The Labute approximate surface area is 172 Å². The van der Waals surface area contributed by atoms with Crippen LogP contribution in [0.2, 0.25) is 0 Å². The number of amides is 1. The Balaban J connectivity index is 1.60. The standard InChI is InChI=1S/C19H23F3N4O3S/c1-2-13-3-5-15(6-4-13)30(28,29)26-9-7-14(8-10-26)16-11-17(25-24-16)18(27)23-12-19(20,21)22/h3-6,11,14H,2,7-10,12H2,1H3,(H,23,27)(H,24,25). The maximum Gasteiger partial charge on any atom is 0.405 e. The van der Waals surface area contributed by atoms with Crippen molar-refractivity contribution in [1.82, 2.24) is 19.8 Å². The van der Waals surface area contributed by atoms with Crippen LogP contribution in [0.15, 0.2) is 35.2 Å². The van der Waals surface area contributed by atoms with Gasteiger partial charge >= 0.3 is 6.18 Å². The number of rotatable bonds is 6. The van der Waals surface area contributed by atoms with Crippen LogP contribution >= 0.6 is 0 Å². The third-order valence-corrected chi connectivity index (χ3v) is 7.06. The summed E-state index contributed by atoms with van der Waals surface area (Å²) in [6.07, 6.45) is -2.65. The van der Waals surface area contributed by atoms with Crippen molar-refractivity contribution in [2.75, 3.05) is 19.6 Å². The largest absolute Gasteiger partial charge is 0.405 e. The van der Waals surface area contributed by atoms with Crippen molar-refractivity contribution < 1.29 is 26.4 Å². The van der Waals surface area contributed by atoms with E-state index in [1.165, 1.54) is 10.4 Å². The molecule has 1 saturated heterocycles. The van der Waals surface area contributed by atoms with Gasteiger partial charge in [-0.2, -0.15) is 22.6 Å². The first-order valence-corrected chi connectivity index (χ1v) is 11.0. The molecule has 1 aromatic heterocycles. The smallest absolute Gasteiger partial charge is 0.342 e. The van der Waals surface area contributed by atoms with Gasteiger partial charge in [-0.05, 0) is 43.0 Å². The van der Waals surface area contributed by atoms with Crippen LogP contribution in [0.3, 0.4) is 0 Å². The maximum atomic E-state index is 12.8. The van der Waals surface area contributed by atoms with Crippen LogP contribution in [-0.4, -0.2) is 54.6 Å². The topological polar surface area (TPSA) is 95.2 Å². The van der Waals surface area contributed by atoms with Crippen LogP contribution in [-0.2, 0) is 16.4 Å². The molecule has 1 aliphatic rings. The molecule has 3 rings (SSSR count). The first-order valence-electron chi connectivity index (χ1n) is 9.59. The zero-order valence-corrected chi connectivity index (χ0v) is 17.2. The number of halogens is 3. The zero-order valence-electron chi connectivity index (χ0n) is 16.4. The van der Waals surface area contributed by atoms with E-state index < -0.39 is 28.7 Å². The average Bonchev–Trinajstić information content (AvgIpc) is 3.22.